The van der Waals surface area contributed by atoms with Crippen molar-refractivity contribution in [2.75, 3.05) is 24.5 Å². The number of aromatic nitrogens is 2. The van der Waals surface area contributed by atoms with Gasteiger partial charge in [0.15, 0.2) is 0 Å². The molecule has 7 heteroatoms. The molecule has 1 aliphatic heterocycles. The van der Waals surface area contributed by atoms with E-state index in [1.807, 2.05) is 6.07 Å². The first kappa shape index (κ1) is 16.8. The summed E-state index contributed by atoms with van der Waals surface area (Å²) in [6, 6.07) is 6.83. The highest BCUT2D eigenvalue weighted by atomic mass is 19.1. The van der Waals surface area contributed by atoms with Crippen LogP contribution in [0.3, 0.4) is 0 Å². The van der Waals surface area contributed by atoms with Crippen LogP contribution in [0.2, 0.25) is 0 Å². The molecule has 1 unspecified atom stereocenters. The molecule has 25 heavy (non-hydrogen) atoms. The van der Waals surface area contributed by atoms with Gasteiger partial charge in [0, 0.05) is 32.0 Å². The minimum absolute atomic E-state index is 0.224. The van der Waals surface area contributed by atoms with Crippen LogP contribution in [-0.2, 0) is 0 Å². The van der Waals surface area contributed by atoms with Crippen LogP contribution < -0.4 is 10.2 Å². The number of hydrogen-bond acceptors (Lipinski definition) is 5. The average molecular weight is 339 g/mol. The van der Waals surface area contributed by atoms with E-state index in [4.69, 9.17) is 5.26 Å². The molecule has 1 amide bonds. The number of nitrogens with one attached hydrogen (secondary N) is 1. The molecule has 128 valence electrons. The highest BCUT2D eigenvalue weighted by molar-refractivity contribution is 5.93. The minimum Gasteiger partial charge on any atom is -0.356 e. The Kier molecular flexibility index (Phi) is 5.19. The van der Waals surface area contributed by atoms with Crippen molar-refractivity contribution in [3.05, 3.63) is 53.7 Å². The molecule has 0 spiro atoms. The number of pyridine rings is 2. The summed E-state index contributed by atoms with van der Waals surface area (Å²) < 4.78 is 13.1. The lowest BCUT2D eigenvalue weighted by Gasteiger charge is -2.33. The van der Waals surface area contributed by atoms with Gasteiger partial charge in [-0.05, 0) is 37.0 Å². The summed E-state index contributed by atoms with van der Waals surface area (Å²) in [5.41, 5.74) is 0.759. The molecule has 1 N–H and O–H groups in total. The van der Waals surface area contributed by atoms with Crippen LogP contribution in [0.5, 0.6) is 0 Å². The van der Waals surface area contributed by atoms with Gasteiger partial charge in [-0.2, -0.15) is 5.26 Å². The zero-order valence-corrected chi connectivity index (χ0v) is 13.7. The molecule has 0 aliphatic carbocycles. The molecule has 3 rings (SSSR count). The van der Waals surface area contributed by atoms with Crippen molar-refractivity contribution in [2.45, 2.75) is 12.8 Å². The summed E-state index contributed by atoms with van der Waals surface area (Å²) in [6.07, 6.45) is 6.00. The Bertz CT molecular complexity index is 787. The van der Waals surface area contributed by atoms with E-state index >= 15 is 0 Å². The molecule has 0 bridgehead atoms. The highest BCUT2D eigenvalue weighted by Gasteiger charge is 2.21. The van der Waals surface area contributed by atoms with Gasteiger partial charge in [0.05, 0.1) is 17.3 Å². The molecule has 2 aromatic heterocycles. The SMILES string of the molecule is N#Cc1ccc(N2CCCC(CNC(=O)c3cncc(F)c3)C2)nc1. The largest absolute Gasteiger partial charge is 0.356 e. The number of nitrogens with zero attached hydrogens (tertiary/aromatic N) is 4. The standard InChI is InChI=1S/C18H18FN5O/c19-16-6-15(10-21-11-16)18(25)23-9-14-2-1-5-24(12-14)17-4-3-13(7-20)8-22-17/h3-4,6,8,10-11,14H,1-2,5,9,12H2,(H,23,25). The van der Waals surface area contributed by atoms with E-state index < -0.39 is 5.82 Å². The molecule has 3 heterocycles. The summed E-state index contributed by atoms with van der Waals surface area (Å²) in [5, 5.41) is 11.7. The zero-order chi connectivity index (χ0) is 17.6. The smallest absolute Gasteiger partial charge is 0.252 e. The number of anilines is 1. The summed E-state index contributed by atoms with van der Waals surface area (Å²) in [7, 11) is 0. The maximum Gasteiger partial charge on any atom is 0.252 e. The van der Waals surface area contributed by atoms with Crippen LogP contribution in [0.4, 0.5) is 10.2 Å². The molecule has 0 radical (unpaired) electrons. The molecular formula is C18H18FN5O. The predicted molar refractivity (Wildman–Crippen MR) is 90.4 cm³/mol. The fraction of sp³-hybridized carbons (Fsp3) is 0.333. The Morgan fingerprint density at radius 1 is 1.40 bits per heavy atom. The van der Waals surface area contributed by atoms with Crippen molar-refractivity contribution in [3.8, 4) is 6.07 Å². The van der Waals surface area contributed by atoms with Crippen LogP contribution in [-0.4, -0.2) is 35.5 Å². The molecule has 2 aromatic rings. The quantitative estimate of drug-likeness (QED) is 0.923. The number of carbonyl (C=O) groups excluding carboxylic acids is 1. The normalized spacial score (nSPS) is 17.0. The van der Waals surface area contributed by atoms with Gasteiger partial charge in [-0.1, -0.05) is 0 Å². The number of carbonyl (C=O) groups is 1. The number of halogens is 1. The van der Waals surface area contributed by atoms with Gasteiger partial charge in [-0.15, -0.1) is 0 Å². The van der Waals surface area contributed by atoms with Crippen LogP contribution in [0.15, 0.2) is 36.8 Å². The van der Waals surface area contributed by atoms with Crippen molar-refractivity contribution in [1.82, 2.24) is 15.3 Å². The minimum atomic E-state index is -0.525. The van der Waals surface area contributed by atoms with Crippen molar-refractivity contribution >= 4 is 11.7 Å². The Morgan fingerprint density at radius 2 is 2.28 bits per heavy atom. The number of hydrogen-bond donors (Lipinski definition) is 1. The number of nitriles is 1. The maximum atomic E-state index is 13.1. The second-order valence-corrected chi connectivity index (χ2v) is 6.07. The molecular weight excluding hydrogens is 321 g/mol. The first-order valence-corrected chi connectivity index (χ1v) is 8.15. The van der Waals surface area contributed by atoms with Crippen molar-refractivity contribution in [3.63, 3.8) is 0 Å². The van der Waals surface area contributed by atoms with Gasteiger partial charge < -0.3 is 10.2 Å². The van der Waals surface area contributed by atoms with E-state index in [1.54, 1.807) is 12.3 Å². The predicted octanol–water partition coefficient (Wildman–Crippen LogP) is 2.13. The van der Waals surface area contributed by atoms with Crippen LogP contribution in [0, 0.1) is 23.1 Å². The average Bonchev–Trinajstić information content (AvgIpc) is 2.66. The second kappa shape index (κ2) is 7.71. The van der Waals surface area contributed by atoms with Gasteiger partial charge in [0.25, 0.3) is 5.91 Å². The molecule has 1 aliphatic rings. The summed E-state index contributed by atoms with van der Waals surface area (Å²) in [5.74, 6) is 0.282. The Balaban J connectivity index is 1.56. The Hall–Kier alpha value is -3.01. The monoisotopic (exact) mass is 339 g/mol. The first-order valence-electron chi connectivity index (χ1n) is 8.15. The molecule has 1 saturated heterocycles. The molecule has 6 nitrogen and oxygen atoms in total. The summed E-state index contributed by atoms with van der Waals surface area (Å²) >= 11 is 0. The first-order chi connectivity index (χ1) is 12.2. The van der Waals surface area contributed by atoms with Crippen molar-refractivity contribution in [1.29, 1.82) is 5.26 Å². The maximum absolute atomic E-state index is 13.1. The van der Waals surface area contributed by atoms with Gasteiger partial charge in [0.2, 0.25) is 0 Å². The van der Waals surface area contributed by atoms with E-state index in [0.29, 0.717) is 12.1 Å². The van der Waals surface area contributed by atoms with E-state index in [1.165, 1.54) is 12.3 Å². The van der Waals surface area contributed by atoms with Crippen LogP contribution >= 0.6 is 0 Å². The topological polar surface area (TPSA) is 81.9 Å². The van der Waals surface area contributed by atoms with Gasteiger partial charge in [-0.25, -0.2) is 9.37 Å². The fourth-order valence-corrected chi connectivity index (χ4v) is 2.95. The lowest BCUT2D eigenvalue weighted by molar-refractivity contribution is 0.0945. The molecule has 1 atom stereocenters. The van der Waals surface area contributed by atoms with E-state index in [0.717, 1.165) is 37.9 Å². The van der Waals surface area contributed by atoms with E-state index in [9.17, 15) is 9.18 Å². The molecule has 1 fully saturated rings. The Labute approximate surface area is 145 Å². The third kappa shape index (κ3) is 4.29. The molecule has 0 saturated carbocycles. The number of rotatable bonds is 4. The van der Waals surface area contributed by atoms with Crippen LogP contribution in [0.25, 0.3) is 0 Å². The lowest BCUT2D eigenvalue weighted by Crippen LogP contribution is -2.41. The van der Waals surface area contributed by atoms with Gasteiger partial charge >= 0.3 is 0 Å². The van der Waals surface area contributed by atoms with E-state index in [-0.39, 0.29) is 17.4 Å². The van der Waals surface area contributed by atoms with Crippen molar-refractivity contribution in [2.24, 2.45) is 5.92 Å². The van der Waals surface area contributed by atoms with Gasteiger partial charge in [0.1, 0.15) is 17.7 Å². The van der Waals surface area contributed by atoms with E-state index in [2.05, 4.69) is 26.3 Å². The third-order valence-electron chi connectivity index (χ3n) is 4.24. The summed E-state index contributed by atoms with van der Waals surface area (Å²) in [4.78, 5) is 22.3. The van der Waals surface area contributed by atoms with Crippen LogP contribution in [0.1, 0.15) is 28.8 Å². The lowest BCUT2D eigenvalue weighted by atomic mass is 9.98. The third-order valence-corrected chi connectivity index (χ3v) is 4.24. The Morgan fingerprint density at radius 3 is 3.00 bits per heavy atom. The number of piperidine rings is 1. The van der Waals surface area contributed by atoms with Crippen molar-refractivity contribution < 1.29 is 9.18 Å². The zero-order valence-electron chi connectivity index (χ0n) is 13.7. The van der Waals surface area contributed by atoms with Gasteiger partial charge in [-0.3, -0.25) is 9.78 Å². The number of amides is 1. The second-order valence-electron chi connectivity index (χ2n) is 6.07. The summed E-state index contributed by atoms with van der Waals surface area (Å²) in [6.45, 7) is 2.19. The molecule has 0 aromatic carbocycles. The fourth-order valence-electron chi connectivity index (χ4n) is 2.95. The highest BCUT2D eigenvalue weighted by Crippen LogP contribution is 2.21.